The maximum Gasteiger partial charge on any atom is 0.225 e. The van der Waals surface area contributed by atoms with E-state index in [1.54, 1.807) is 0 Å². The van der Waals surface area contributed by atoms with Crippen LogP contribution >= 0.6 is 0 Å². The molecule has 1 aliphatic rings. The maximum absolute atomic E-state index is 6.77. The summed E-state index contributed by atoms with van der Waals surface area (Å²) in [4.78, 5) is 26.2. The quantitative estimate of drug-likeness (QED) is 0.0564. The molecule has 360 valence electrons. The molecule has 7 rings (SSSR count). The first kappa shape index (κ1) is 49.1. The zero-order valence-corrected chi connectivity index (χ0v) is 39.3. The average molecular weight is 931 g/mol. The number of ether oxygens (including phenoxy) is 8. The Morgan fingerprint density at radius 3 is 0.853 bits per heavy atom. The van der Waals surface area contributed by atoms with Crippen LogP contribution in [0.4, 0.5) is 23.8 Å². The van der Waals surface area contributed by atoms with Gasteiger partial charge >= 0.3 is 0 Å². The van der Waals surface area contributed by atoms with Crippen molar-refractivity contribution >= 4 is 23.8 Å². The highest BCUT2D eigenvalue weighted by molar-refractivity contribution is 5.67. The molecule has 6 aromatic rings. The highest BCUT2D eigenvalue weighted by Crippen LogP contribution is 2.41. The van der Waals surface area contributed by atoms with Crippen LogP contribution in [0.2, 0.25) is 0 Å². The Labute approximate surface area is 397 Å². The number of benzene rings is 4. The zero-order valence-electron chi connectivity index (χ0n) is 39.3. The first-order valence-corrected chi connectivity index (χ1v) is 23.1. The van der Waals surface area contributed by atoms with Gasteiger partial charge < -0.3 is 60.8 Å². The largest absolute Gasteiger partial charge is 0.491 e. The molecule has 0 aliphatic heterocycles. The minimum absolute atomic E-state index is 0.00695. The van der Waals surface area contributed by atoms with Gasteiger partial charge in [-0.05, 0) is 96.5 Å². The van der Waals surface area contributed by atoms with Gasteiger partial charge in [-0.15, -0.1) is 0 Å². The van der Waals surface area contributed by atoms with Gasteiger partial charge in [0, 0.05) is 63.2 Å². The third kappa shape index (κ3) is 12.8. The molecule has 0 saturated heterocycles. The number of nitrogens with two attached hydrogens (primary N) is 4. The Balaban J connectivity index is 1.52. The van der Waals surface area contributed by atoms with E-state index in [1.807, 2.05) is 64.1 Å². The summed E-state index contributed by atoms with van der Waals surface area (Å²) in [5, 5.41) is 0. The summed E-state index contributed by atoms with van der Waals surface area (Å²) in [6.07, 6.45) is 1.51. The number of para-hydroxylation sites is 2. The lowest BCUT2D eigenvalue weighted by molar-refractivity contribution is 0.108. The van der Waals surface area contributed by atoms with E-state index in [9.17, 15) is 0 Å². The monoisotopic (exact) mass is 930 g/mol. The molecule has 1 aliphatic carbocycles. The number of rotatable bonds is 22. The van der Waals surface area contributed by atoms with Gasteiger partial charge in [0.15, 0.2) is 11.6 Å². The Bertz CT molecular complexity index is 2320. The average Bonchev–Trinajstić information content (AvgIpc) is 3.31. The molecule has 0 fully saturated rings. The van der Waals surface area contributed by atoms with Crippen LogP contribution in [0.15, 0.2) is 60.7 Å². The first-order valence-electron chi connectivity index (χ1n) is 23.1. The molecule has 0 unspecified atom stereocenters. The fourth-order valence-electron chi connectivity index (χ4n) is 8.15. The van der Waals surface area contributed by atoms with Crippen LogP contribution in [-0.4, -0.2) is 109 Å². The number of nitrogens with zero attached hydrogens (tertiary/aromatic N) is 6. The van der Waals surface area contributed by atoms with Crippen molar-refractivity contribution in [2.24, 2.45) is 0 Å². The molecule has 0 amide bonds. The number of nitrogen functional groups attached to an aromatic ring is 4. The molecule has 8 N–H and O–H groups in total. The predicted octanol–water partition coefficient (Wildman–Crippen LogP) is 6.06. The summed E-state index contributed by atoms with van der Waals surface area (Å²) in [5.74, 6) is 3.42. The van der Waals surface area contributed by atoms with Crippen molar-refractivity contribution in [2.45, 2.75) is 53.4 Å². The van der Waals surface area contributed by atoms with Gasteiger partial charge in [0.2, 0.25) is 23.8 Å². The molecular weight excluding hydrogens is 869 g/mol. The second-order valence-electron chi connectivity index (χ2n) is 15.7. The molecular formula is C50H62N10O8. The third-order valence-electron chi connectivity index (χ3n) is 10.9. The molecule has 0 radical (unpaired) electrons. The molecule has 2 heterocycles. The van der Waals surface area contributed by atoms with Crippen molar-refractivity contribution in [1.82, 2.24) is 29.9 Å². The van der Waals surface area contributed by atoms with Gasteiger partial charge in [0.05, 0.1) is 26.4 Å². The molecule has 4 aromatic carbocycles. The maximum atomic E-state index is 6.77. The Morgan fingerprint density at radius 1 is 0.353 bits per heavy atom. The standard InChI is InChI=1S/C50H62N10O8/c1-5-61-15-19-65-41-31-11-9-12-32(41)24-36-28-40(46-57-49(53)60-50(54)58-46)30-38(44(36)68-22-18-64-8-4)26-34-14-10-13-33(42(34)66-20-16-62-6-2)25-37-29-39(45-55-47(51)59-48(52)56-45)27-35(23-31)43(37)67-21-17-63-7-3/h9-14,27-30H,5-8,15-26H2,1-4H3,(H4,51,52,55,56,59)(H4,53,54,57,58,60). The molecule has 0 atom stereocenters. The van der Waals surface area contributed by atoms with Gasteiger partial charge in [0.1, 0.15) is 49.4 Å². The predicted molar refractivity (Wildman–Crippen MR) is 260 cm³/mol. The summed E-state index contributed by atoms with van der Waals surface area (Å²) in [6, 6.07) is 20.3. The van der Waals surface area contributed by atoms with Crippen molar-refractivity contribution in [3.8, 4) is 45.8 Å². The molecule has 18 nitrogen and oxygen atoms in total. The van der Waals surface area contributed by atoms with E-state index in [-0.39, 0.29) is 23.8 Å². The highest BCUT2D eigenvalue weighted by Gasteiger charge is 2.25. The van der Waals surface area contributed by atoms with Crippen LogP contribution in [0.25, 0.3) is 22.8 Å². The number of aromatic nitrogens is 6. The SMILES string of the molecule is CCOCCOc1c2cccc1Cc1cc(-c3nc(N)nc(N)n3)cc(c1OCCOCC)Cc1cccc(c1OCCOCC)Cc1cc(-c3nc(N)nc(N)n3)cc(c1OCCOCC)C2. The second-order valence-corrected chi connectivity index (χ2v) is 15.7. The van der Waals surface area contributed by atoms with Crippen LogP contribution in [0.5, 0.6) is 23.0 Å². The van der Waals surface area contributed by atoms with Crippen molar-refractivity contribution in [3.05, 3.63) is 105 Å². The molecule has 2 aromatic heterocycles. The smallest absolute Gasteiger partial charge is 0.225 e. The van der Waals surface area contributed by atoms with Crippen molar-refractivity contribution in [3.63, 3.8) is 0 Å². The Morgan fingerprint density at radius 2 is 0.603 bits per heavy atom. The molecule has 18 heteroatoms. The molecule has 0 saturated carbocycles. The summed E-state index contributed by atoms with van der Waals surface area (Å²) in [6.45, 7) is 12.8. The zero-order chi connectivity index (χ0) is 47.8. The molecule has 68 heavy (non-hydrogen) atoms. The van der Waals surface area contributed by atoms with Crippen molar-refractivity contribution < 1.29 is 37.9 Å². The fourth-order valence-corrected chi connectivity index (χ4v) is 8.15. The van der Waals surface area contributed by atoms with E-state index in [0.717, 1.165) is 44.5 Å². The van der Waals surface area contributed by atoms with Crippen molar-refractivity contribution in [2.75, 3.05) is 102 Å². The first-order chi connectivity index (χ1) is 33.2. The van der Waals surface area contributed by atoms with Crippen LogP contribution in [-0.2, 0) is 44.6 Å². The van der Waals surface area contributed by atoms with Gasteiger partial charge in [0.25, 0.3) is 0 Å². The Hall–Kier alpha value is -6.86. The molecule has 8 bridgehead atoms. The van der Waals surface area contributed by atoms with E-state index >= 15 is 0 Å². The van der Waals surface area contributed by atoms with Crippen LogP contribution in [0.3, 0.4) is 0 Å². The second kappa shape index (κ2) is 24.2. The minimum Gasteiger partial charge on any atom is -0.491 e. The minimum atomic E-state index is 0.00695. The van der Waals surface area contributed by atoms with E-state index < -0.39 is 0 Å². The van der Waals surface area contributed by atoms with Crippen LogP contribution in [0.1, 0.15) is 72.2 Å². The van der Waals surface area contributed by atoms with E-state index in [2.05, 4.69) is 54.2 Å². The lowest BCUT2D eigenvalue weighted by Gasteiger charge is -2.24. The number of hydrogen-bond donors (Lipinski definition) is 4. The van der Waals surface area contributed by atoms with Gasteiger partial charge in [-0.2, -0.15) is 29.9 Å². The van der Waals surface area contributed by atoms with Gasteiger partial charge in [-0.1, -0.05) is 36.4 Å². The summed E-state index contributed by atoms with van der Waals surface area (Å²) in [7, 11) is 0. The van der Waals surface area contributed by atoms with Crippen LogP contribution in [0, 0.1) is 0 Å². The van der Waals surface area contributed by atoms with Crippen LogP contribution < -0.4 is 41.9 Å². The van der Waals surface area contributed by atoms with E-state index in [0.29, 0.717) is 151 Å². The summed E-state index contributed by atoms with van der Waals surface area (Å²) < 4.78 is 50.1. The summed E-state index contributed by atoms with van der Waals surface area (Å²) in [5.41, 5.74) is 33.0. The van der Waals surface area contributed by atoms with E-state index in [1.165, 1.54) is 0 Å². The number of hydrogen-bond acceptors (Lipinski definition) is 18. The normalized spacial score (nSPS) is 12.2. The van der Waals surface area contributed by atoms with Crippen molar-refractivity contribution in [1.29, 1.82) is 0 Å². The number of fused-ring (bicyclic) bond motifs is 8. The topological polar surface area (TPSA) is 255 Å². The van der Waals surface area contributed by atoms with Gasteiger partial charge in [-0.25, -0.2) is 0 Å². The third-order valence-corrected chi connectivity index (χ3v) is 10.9. The lowest BCUT2D eigenvalue weighted by atomic mass is 9.89. The van der Waals surface area contributed by atoms with E-state index in [4.69, 9.17) is 60.8 Å². The summed E-state index contributed by atoms with van der Waals surface area (Å²) >= 11 is 0. The fraction of sp³-hybridized carbons (Fsp3) is 0.400. The highest BCUT2D eigenvalue weighted by atomic mass is 16.5. The number of anilines is 4. The molecule has 0 spiro atoms. The Kier molecular flexibility index (Phi) is 17.5. The van der Waals surface area contributed by atoms with Gasteiger partial charge in [-0.3, -0.25) is 0 Å². The lowest BCUT2D eigenvalue weighted by Crippen LogP contribution is -2.14.